The molecule has 2 aliphatic rings. The van der Waals surface area contributed by atoms with Gasteiger partial charge in [-0.05, 0) is 68.8 Å². The van der Waals surface area contributed by atoms with E-state index in [1.165, 1.54) is 0 Å². The minimum absolute atomic E-state index is 0.0826. The van der Waals surface area contributed by atoms with Crippen LogP contribution in [0.1, 0.15) is 34.1 Å². The summed E-state index contributed by atoms with van der Waals surface area (Å²) < 4.78 is 0. The molecule has 0 amide bonds. The Morgan fingerprint density at radius 3 is 1.57 bits per heavy atom. The fourth-order valence-corrected chi connectivity index (χ4v) is 6.22. The number of phenols is 2. The second-order valence-corrected chi connectivity index (χ2v) is 10.8. The molecule has 4 aromatic carbocycles. The molecule has 4 heteroatoms. The molecule has 0 aliphatic heterocycles. The van der Waals surface area contributed by atoms with E-state index < -0.39 is 0 Å². The second-order valence-electron chi connectivity index (χ2n) is 9.89. The van der Waals surface area contributed by atoms with Gasteiger partial charge in [-0.15, -0.1) is 0 Å². The highest BCUT2D eigenvalue weighted by Gasteiger charge is 2.29. The quantitative estimate of drug-likeness (QED) is 0.242. The van der Waals surface area contributed by atoms with Crippen molar-refractivity contribution in [2.45, 2.75) is 11.8 Å². The van der Waals surface area contributed by atoms with E-state index >= 15 is 0 Å². The Balaban J connectivity index is 1.49. The summed E-state index contributed by atoms with van der Waals surface area (Å²) in [6.07, 6.45) is 12.5. The first-order valence-corrected chi connectivity index (χ1v) is 14.0. The lowest BCUT2D eigenvalue weighted by molar-refractivity contribution is 0.474. The highest BCUT2D eigenvalue weighted by atomic mass is 32.1. The maximum atomic E-state index is 9.84. The molecule has 0 bridgehead atoms. The summed E-state index contributed by atoms with van der Waals surface area (Å²) in [5, 5.41) is 19.7. The first-order valence-electron chi connectivity index (χ1n) is 13.1. The van der Waals surface area contributed by atoms with Crippen LogP contribution in [0.5, 0.6) is 11.5 Å². The molecule has 4 aromatic rings. The lowest BCUT2D eigenvalue weighted by atomic mass is 9.77. The summed E-state index contributed by atoms with van der Waals surface area (Å²) in [6.45, 7) is 0. The monoisotopic (exact) mass is 554 g/mol. The Morgan fingerprint density at radius 1 is 0.500 bits per heavy atom. The summed E-state index contributed by atoms with van der Waals surface area (Å²) in [4.78, 5) is 1.65. The Bertz CT molecular complexity index is 1720. The summed E-state index contributed by atoms with van der Waals surface area (Å²) in [5.41, 5.74) is 8.33. The largest absolute Gasteiger partial charge is 0.508 e. The fourth-order valence-electron chi connectivity index (χ4n) is 5.44. The second kappa shape index (κ2) is 11.0. The van der Waals surface area contributed by atoms with Crippen molar-refractivity contribution < 1.29 is 10.2 Å². The molecular weight excluding hydrogens is 529 g/mol. The van der Waals surface area contributed by atoms with Gasteiger partial charge in [-0.1, -0.05) is 134 Å². The molecule has 194 valence electrons. The molecule has 0 saturated heterocycles. The van der Waals surface area contributed by atoms with Crippen LogP contribution in [0.15, 0.2) is 134 Å². The highest BCUT2D eigenvalue weighted by molar-refractivity contribution is 7.81. The van der Waals surface area contributed by atoms with Gasteiger partial charge in [0, 0.05) is 21.6 Å². The number of hydrogen-bond donors (Lipinski definition) is 2. The van der Waals surface area contributed by atoms with Crippen LogP contribution in [0.25, 0.3) is 22.3 Å². The van der Waals surface area contributed by atoms with Crippen molar-refractivity contribution in [3.05, 3.63) is 156 Å². The normalized spacial score (nSPS) is 18.4. The van der Waals surface area contributed by atoms with Crippen LogP contribution in [0.3, 0.4) is 0 Å². The minimum Gasteiger partial charge on any atom is -0.508 e. The van der Waals surface area contributed by atoms with E-state index in [-0.39, 0.29) is 23.3 Å². The average molecular weight is 555 g/mol. The topological polar surface area (TPSA) is 40.5 Å². The molecule has 2 unspecified atom stereocenters. The summed E-state index contributed by atoms with van der Waals surface area (Å²) in [7, 11) is 0. The van der Waals surface area contributed by atoms with Crippen LogP contribution in [0.2, 0.25) is 0 Å². The standard InChI is InChI=1S/C36H26O2S2/c37-26-19-15-24(16-20-26)29-10-5-13-32(35(29)39)31-12-4-9-28(23-7-2-1-3-8-23)34(31)33-14-6-11-30(36(33)40)25-17-21-27(38)22-18-25/h1-22,29-30,37-38H. The Kier molecular flexibility index (Phi) is 7.12. The van der Waals surface area contributed by atoms with Crippen LogP contribution in [0.4, 0.5) is 0 Å². The molecule has 0 spiro atoms. The Hall–Kier alpha value is -4.38. The van der Waals surface area contributed by atoms with Crippen LogP contribution in [0, 0.1) is 0 Å². The van der Waals surface area contributed by atoms with E-state index in [0.29, 0.717) is 0 Å². The smallest absolute Gasteiger partial charge is 0.115 e. The predicted molar refractivity (Wildman–Crippen MR) is 173 cm³/mol. The molecule has 2 atom stereocenters. The van der Waals surface area contributed by atoms with Gasteiger partial charge in [-0.25, -0.2) is 0 Å². The number of allylic oxidation sites excluding steroid dienone is 8. The molecule has 0 radical (unpaired) electrons. The number of hydrogen-bond acceptors (Lipinski definition) is 4. The van der Waals surface area contributed by atoms with Gasteiger partial charge in [-0.2, -0.15) is 0 Å². The molecule has 2 aliphatic carbocycles. The number of phenolic OH excluding ortho intramolecular Hbond substituents is 2. The van der Waals surface area contributed by atoms with Crippen molar-refractivity contribution in [1.29, 1.82) is 0 Å². The molecule has 2 N–H and O–H groups in total. The zero-order valence-corrected chi connectivity index (χ0v) is 23.2. The molecule has 0 aromatic heterocycles. The summed E-state index contributed by atoms with van der Waals surface area (Å²) in [5.74, 6) is 0.290. The Morgan fingerprint density at radius 2 is 1.00 bits per heavy atom. The van der Waals surface area contributed by atoms with E-state index in [4.69, 9.17) is 24.4 Å². The summed E-state index contributed by atoms with van der Waals surface area (Å²) >= 11 is 12.3. The number of benzene rings is 4. The van der Waals surface area contributed by atoms with Gasteiger partial charge in [-0.3, -0.25) is 0 Å². The van der Waals surface area contributed by atoms with Crippen LogP contribution in [-0.4, -0.2) is 19.9 Å². The third-order valence-electron chi connectivity index (χ3n) is 7.44. The van der Waals surface area contributed by atoms with Crippen molar-refractivity contribution in [3.63, 3.8) is 0 Å². The number of thiocarbonyl (C=S) groups is 2. The fraction of sp³-hybridized carbons (Fsp3) is 0.0556. The van der Waals surface area contributed by atoms with Gasteiger partial charge in [0.05, 0.1) is 0 Å². The van der Waals surface area contributed by atoms with Gasteiger partial charge in [0.2, 0.25) is 0 Å². The lowest BCUT2D eigenvalue weighted by Crippen LogP contribution is -2.17. The first-order chi connectivity index (χ1) is 19.5. The van der Waals surface area contributed by atoms with Crippen molar-refractivity contribution in [1.82, 2.24) is 0 Å². The predicted octanol–water partition coefficient (Wildman–Crippen LogP) is 8.98. The van der Waals surface area contributed by atoms with E-state index in [1.807, 2.05) is 42.5 Å². The van der Waals surface area contributed by atoms with Crippen molar-refractivity contribution in [2.24, 2.45) is 0 Å². The van der Waals surface area contributed by atoms with Gasteiger partial charge in [0.1, 0.15) is 11.5 Å². The van der Waals surface area contributed by atoms with E-state index in [0.717, 1.165) is 54.3 Å². The van der Waals surface area contributed by atoms with Crippen molar-refractivity contribution >= 4 is 45.3 Å². The maximum absolute atomic E-state index is 9.84. The highest BCUT2D eigenvalue weighted by Crippen LogP contribution is 2.43. The van der Waals surface area contributed by atoms with E-state index in [9.17, 15) is 10.2 Å². The van der Waals surface area contributed by atoms with Crippen LogP contribution < -0.4 is 0 Å². The van der Waals surface area contributed by atoms with Gasteiger partial charge in [0.25, 0.3) is 0 Å². The third-order valence-corrected chi connectivity index (χ3v) is 8.39. The van der Waals surface area contributed by atoms with E-state index in [2.05, 4.69) is 66.8 Å². The number of aromatic hydroxyl groups is 2. The van der Waals surface area contributed by atoms with Crippen LogP contribution >= 0.6 is 24.4 Å². The average Bonchev–Trinajstić information content (AvgIpc) is 2.99. The molecule has 40 heavy (non-hydrogen) atoms. The maximum Gasteiger partial charge on any atom is 0.115 e. The molecule has 6 rings (SSSR count). The van der Waals surface area contributed by atoms with E-state index in [1.54, 1.807) is 24.3 Å². The van der Waals surface area contributed by atoms with Crippen molar-refractivity contribution in [3.8, 4) is 22.6 Å². The Labute approximate surface area is 245 Å². The molecule has 0 saturated carbocycles. The third kappa shape index (κ3) is 4.88. The lowest BCUT2D eigenvalue weighted by Gasteiger charge is -2.27. The zero-order valence-electron chi connectivity index (χ0n) is 21.6. The SMILES string of the molecule is Oc1ccc(C2C=CC=C(c3cccc(-c4ccccc4)c3C3=CC=CC(c4ccc(O)cc4)C3=S)C2=S)cc1. The molecule has 0 fully saturated rings. The van der Waals surface area contributed by atoms with Crippen LogP contribution in [-0.2, 0) is 0 Å². The summed E-state index contributed by atoms with van der Waals surface area (Å²) in [6, 6.07) is 31.2. The first kappa shape index (κ1) is 25.9. The van der Waals surface area contributed by atoms with Gasteiger partial charge >= 0.3 is 0 Å². The molecule has 0 heterocycles. The number of rotatable bonds is 5. The van der Waals surface area contributed by atoms with Gasteiger partial charge < -0.3 is 10.2 Å². The molecular formula is C36H26O2S2. The minimum atomic E-state index is -0.0933. The zero-order chi connectivity index (χ0) is 27.6. The van der Waals surface area contributed by atoms with Gasteiger partial charge in [0.15, 0.2) is 0 Å². The molecule has 2 nitrogen and oxygen atoms in total. The van der Waals surface area contributed by atoms with Crippen molar-refractivity contribution in [2.75, 3.05) is 0 Å².